The van der Waals surface area contributed by atoms with Crippen LogP contribution in [-0.4, -0.2) is 43.9 Å². The summed E-state index contributed by atoms with van der Waals surface area (Å²) in [6.45, 7) is 0. The summed E-state index contributed by atoms with van der Waals surface area (Å²) in [6, 6.07) is 0. The average molecular weight is 416 g/mol. The molecule has 0 aliphatic carbocycles. The van der Waals surface area contributed by atoms with Crippen LogP contribution in [0.5, 0.6) is 0 Å². The van der Waals surface area contributed by atoms with Crippen LogP contribution in [-0.2, 0) is 61.6 Å². The number of carbonyl (C=O) groups excluding carboxylic acids is 2. The molecule has 0 bridgehead atoms. The molecule has 1 N–H and O–H groups in total. The Balaban J connectivity index is 0. The Morgan fingerprint density at radius 1 is 0.870 bits per heavy atom. The predicted octanol–water partition coefficient (Wildman–Crippen LogP) is -1.73. The van der Waals surface area contributed by atoms with Gasteiger partial charge in [-0.05, 0) is 0 Å². The van der Waals surface area contributed by atoms with Gasteiger partial charge in [0.25, 0.3) is 5.09 Å². The van der Waals surface area contributed by atoms with E-state index in [0.29, 0.717) is 0 Å². The number of carbonyl (C=O) groups is 3. The second kappa shape index (κ2) is 9.51. The number of carboxylic acids is 1. The Morgan fingerprint density at radius 2 is 1.22 bits per heavy atom. The van der Waals surface area contributed by atoms with E-state index in [1.165, 1.54) is 0 Å². The van der Waals surface area contributed by atoms with Crippen molar-refractivity contribution in [3.05, 3.63) is 30.3 Å². The van der Waals surface area contributed by atoms with Gasteiger partial charge in [0.05, 0.1) is 12.8 Å². The standard InChI is InChI=1S/C6H5N3O13.Y/c10-3(20-7(14)15)1-6(5(12)13,22-9(18)19)2-4(11)21-8(16)17;/h1-2H2,(H,12,13);. The molecular formula is C6H5N3O13Y. The monoisotopic (exact) mass is 416 g/mol. The van der Waals surface area contributed by atoms with Crippen LogP contribution in [0.15, 0.2) is 0 Å². The van der Waals surface area contributed by atoms with E-state index in [-0.39, 0.29) is 32.7 Å². The zero-order valence-electron chi connectivity index (χ0n) is 10.7. The van der Waals surface area contributed by atoms with Crippen molar-refractivity contribution in [3.8, 4) is 0 Å². The Morgan fingerprint density at radius 3 is 1.43 bits per heavy atom. The minimum absolute atomic E-state index is 0. The van der Waals surface area contributed by atoms with Crippen molar-refractivity contribution in [2.45, 2.75) is 18.4 Å². The van der Waals surface area contributed by atoms with Gasteiger partial charge in [0.2, 0.25) is 5.60 Å². The van der Waals surface area contributed by atoms with E-state index < -0.39 is 51.6 Å². The molecule has 0 aliphatic rings. The van der Waals surface area contributed by atoms with Gasteiger partial charge in [-0.3, -0.25) is 14.4 Å². The molecule has 0 aromatic rings. The van der Waals surface area contributed by atoms with Crippen molar-refractivity contribution in [1.29, 1.82) is 0 Å². The first kappa shape index (κ1) is 22.8. The topological polar surface area (TPSA) is 229 Å². The number of nitrogens with zero attached hydrogens (tertiary/aromatic N) is 3. The van der Waals surface area contributed by atoms with Crippen molar-refractivity contribution in [3.63, 3.8) is 0 Å². The fourth-order valence-corrected chi connectivity index (χ4v) is 1.16. The van der Waals surface area contributed by atoms with Gasteiger partial charge in [-0.15, -0.1) is 30.3 Å². The molecule has 0 rings (SSSR count). The molecule has 0 spiro atoms. The number of rotatable bonds is 9. The van der Waals surface area contributed by atoms with Gasteiger partial charge in [-0.1, -0.05) is 0 Å². The summed E-state index contributed by atoms with van der Waals surface area (Å²) < 4.78 is 0. The van der Waals surface area contributed by atoms with Crippen LogP contribution in [0.25, 0.3) is 0 Å². The van der Waals surface area contributed by atoms with Crippen LogP contribution in [0, 0.1) is 30.3 Å². The maximum absolute atomic E-state index is 11.0. The zero-order chi connectivity index (χ0) is 17.5. The molecule has 125 valence electrons. The van der Waals surface area contributed by atoms with Crippen molar-refractivity contribution in [1.82, 2.24) is 0 Å². The van der Waals surface area contributed by atoms with Crippen molar-refractivity contribution >= 4 is 17.9 Å². The molecule has 0 fully saturated rings. The fourth-order valence-electron chi connectivity index (χ4n) is 1.16. The smallest absolute Gasteiger partial charge is 0.337 e. The first-order valence-corrected chi connectivity index (χ1v) is 4.76. The summed E-state index contributed by atoms with van der Waals surface area (Å²) in [5, 5.41) is 34.0. The first-order chi connectivity index (χ1) is 9.98. The van der Waals surface area contributed by atoms with Gasteiger partial charge in [0.1, 0.15) is 0 Å². The van der Waals surface area contributed by atoms with Crippen LogP contribution >= 0.6 is 0 Å². The number of hydrogen-bond acceptors (Lipinski definition) is 12. The zero-order valence-corrected chi connectivity index (χ0v) is 13.5. The van der Waals surface area contributed by atoms with Gasteiger partial charge < -0.3 is 5.11 Å². The second-order valence-electron chi connectivity index (χ2n) is 3.34. The van der Waals surface area contributed by atoms with E-state index in [9.17, 15) is 44.7 Å². The maximum atomic E-state index is 11.0. The quantitative estimate of drug-likeness (QED) is 0.326. The largest absolute Gasteiger partial charge is 0.479 e. The van der Waals surface area contributed by atoms with E-state index in [4.69, 9.17) is 5.11 Å². The number of aliphatic carboxylic acids is 1. The second-order valence-corrected chi connectivity index (χ2v) is 3.34. The van der Waals surface area contributed by atoms with Gasteiger partial charge in [-0.25, -0.2) is 14.5 Å². The molecule has 0 unspecified atom stereocenters. The molecule has 17 heteroatoms. The molecule has 0 atom stereocenters. The third-order valence-electron chi connectivity index (χ3n) is 1.85. The van der Waals surface area contributed by atoms with Crippen LogP contribution in [0.2, 0.25) is 0 Å². The van der Waals surface area contributed by atoms with Crippen molar-refractivity contribution < 1.29 is 82.0 Å². The van der Waals surface area contributed by atoms with Crippen LogP contribution in [0.1, 0.15) is 12.8 Å². The summed E-state index contributed by atoms with van der Waals surface area (Å²) in [4.78, 5) is 73.5. The predicted molar refractivity (Wildman–Crippen MR) is 53.9 cm³/mol. The number of carboxylic acid groups (broad SMARTS) is 1. The van der Waals surface area contributed by atoms with E-state index >= 15 is 0 Å². The number of hydrogen-bond donors (Lipinski definition) is 1. The first-order valence-electron chi connectivity index (χ1n) is 4.76. The van der Waals surface area contributed by atoms with Gasteiger partial charge in [0, 0.05) is 32.7 Å². The van der Waals surface area contributed by atoms with E-state index in [0.717, 1.165) is 0 Å². The van der Waals surface area contributed by atoms with Crippen LogP contribution in [0.4, 0.5) is 0 Å². The van der Waals surface area contributed by atoms with Gasteiger partial charge in [0.15, 0.2) is 0 Å². The van der Waals surface area contributed by atoms with Gasteiger partial charge >= 0.3 is 28.1 Å². The summed E-state index contributed by atoms with van der Waals surface area (Å²) in [5.74, 6) is -6.11. The Kier molecular flexibility index (Phi) is 9.43. The van der Waals surface area contributed by atoms with Crippen molar-refractivity contribution in [2.75, 3.05) is 0 Å². The molecule has 0 aromatic carbocycles. The molecule has 0 saturated heterocycles. The minimum Gasteiger partial charge on any atom is -0.479 e. The maximum Gasteiger partial charge on any atom is 0.337 e. The van der Waals surface area contributed by atoms with Crippen LogP contribution < -0.4 is 0 Å². The van der Waals surface area contributed by atoms with E-state index in [2.05, 4.69) is 14.5 Å². The fraction of sp³-hybridized carbons (Fsp3) is 0.500. The Bertz CT molecular complexity index is 502. The Labute approximate surface area is 148 Å². The van der Waals surface area contributed by atoms with Crippen LogP contribution in [0.3, 0.4) is 0 Å². The van der Waals surface area contributed by atoms with E-state index in [1.54, 1.807) is 0 Å². The SMILES string of the molecule is O=C(CC(CC(=O)O[N+](=O)[O-])(O[N+](=O)[O-])C(=O)O)O[N+](=O)[O-].[Y]. The molecule has 0 amide bonds. The van der Waals surface area contributed by atoms with Crippen molar-refractivity contribution in [2.24, 2.45) is 0 Å². The van der Waals surface area contributed by atoms with E-state index in [1.807, 2.05) is 0 Å². The summed E-state index contributed by atoms with van der Waals surface area (Å²) in [6.07, 6.45) is -3.34. The molecule has 23 heavy (non-hydrogen) atoms. The molecule has 1 radical (unpaired) electrons. The molecule has 0 saturated carbocycles. The average Bonchev–Trinajstić information content (AvgIpc) is 2.23. The third-order valence-corrected chi connectivity index (χ3v) is 1.85. The Hall–Kier alpha value is -2.49. The van der Waals surface area contributed by atoms with Gasteiger partial charge in [-0.2, -0.15) is 0 Å². The molecular weight excluding hydrogens is 411 g/mol. The molecule has 0 heterocycles. The summed E-state index contributed by atoms with van der Waals surface area (Å²) >= 11 is 0. The normalized spacial score (nSPS) is 9.74. The molecule has 16 nitrogen and oxygen atoms in total. The summed E-state index contributed by atoms with van der Waals surface area (Å²) in [5.41, 5.74) is -3.30. The summed E-state index contributed by atoms with van der Waals surface area (Å²) in [7, 11) is 0. The molecule has 0 aliphatic heterocycles. The molecule has 0 aromatic heterocycles. The minimum atomic E-state index is -3.30. The third kappa shape index (κ3) is 8.51.